The molecular weight excluding hydrogens is 430 g/mol. The summed E-state index contributed by atoms with van der Waals surface area (Å²) in [5, 5.41) is 2.78. The van der Waals surface area contributed by atoms with Gasteiger partial charge in [-0.3, -0.25) is 4.79 Å². The van der Waals surface area contributed by atoms with Crippen LogP contribution in [0, 0.1) is 6.92 Å². The number of rotatable bonds is 5. The van der Waals surface area contributed by atoms with Crippen molar-refractivity contribution in [2.45, 2.75) is 13.0 Å². The Kier molecular flexibility index (Phi) is 5.91. The van der Waals surface area contributed by atoms with Crippen LogP contribution in [0.1, 0.15) is 17.2 Å². The van der Waals surface area contributed by atoms with Gasteiger partial charge in [0.1, 0.15) is 5.84 Å². The summed E-state index contributed by atoms with van der Waals surface area (Å²) in [5.41, 5.74) is 2.35. The molecule has 164 valence electrons. The average Bonchev–Trinajstić information content (AvgIpc) is 2.78. The molecule has 2 heterocycles. The molecule has 2 aromatic carbocycles. The first kappa shape index (κ1) is 21.5. The van der Waals surface area contributed by atoms with E-state index >= 15 is 0 Å². The Balaban J connectivity index is 1.54. The van der Waals surface area contributed by atoms with Gasteiger partial charge in [-0.05, 0) is 31.2 Å². The molecule has 0 radical (unpaired) electrons. The van der Waals surface area contributed by atoms with Crippen molar-refractivity contribution in [3.63, 3.8) is 0 Å². The van der Waals surface area contributed by atoms with Gasteiger partial charge in [0.25, 0.3) is 15.9 Å². The smallest absolute Gasteiger partial charge is 0.340 e. The predicted molar refractivity (Wildman–Crippen MR) is 120 cm³/mol. The highest BCUT2D eigenvalue weighted by molar-refractivity contribution is 7.90. The van der Waals surface area contributed by atoms with Crippen molar-refractivity contribution in [3.8, 4) is 0 Å². The quantitative estimate of drug-likeness (QED) is 0.701. The molecule has 0 bridgehead atoms. The third kappa shape index (κ3) is 4.94. The molecule has 32 heavy (non-hydrogen) atoms. The highest BCUT2D eigenvalue weighted by Gasteiger charge is 2.29. The number of anilines is 1. The van der Waals surface area contributed by atoms with Gasteiger partial charge >= 0.3 is 5.97 Å². The van der Waals surface area contributed by atoms with E-state index in [0.717, 1.165) is 5.56 Å². The number of hydrogen-bond donors (Lipinski definition) is 1. The lowest BCUT2D eigenvalue weighted by molar-refractivity contribution is -0.150. The molecule has 2 aromatic rings. The van der Waals surface area contributed by atoms with E-state index in [1.807, 2.05) is 19.1 Å². The topological polar surface area (TPSA) is 105 Å². The van der Waals surface area contributed by atoms with Crippen LogP contribution < -0.4 is 5.32 Å². The van der Waals surface area contributed by atoms with E-state index in [1.54, 1.807) is 47.4 Å². The van der Waals surface area contributed by atoms with Crippen molar-refractivity contribution >= 4 is 33.4 Å². The van der Waals surface area contributed by atoms with Crippen molar-refractivity contribution in [2.75, 3.05) is 17.6 Å². The van der Waals surface area contributed by atoms with Crippen LogP contribution in [0.25, 0.3) is 0 Å². The van der Waals surface area contributed by atoms with E-state index in [4.69, 9.17) is 4.74 Å². The van der Waals surface area contributed by atoms with Crippen LogP contribution in [0.2, 0.25) is 0 Å². The molecule has 0 aromatic heterocycles. The molecule has 1 atom stereocenters. The summed E-state index contributed by atoms with van der Waals surface area (Å²) in [7, 11) is -3.49. The Morgan fingerprint density at radius 1 is 1.06 bits per heavy atom. The molecule has 1 amide bonds. The zero-order chi connectivity index (χ0) is 22.7. The molecule has 2 aliphatic heterocycles. The second kappa shape index (κ2) is 8.80. The maximum Gasteiger partial charge on any atom is 0.340 e. The summed E-state index contributed by atoms with van der Waals surface area (Å²) in [6.45, 7) is 2.12. The van der Waals surface area contributed by atoms with Crippen molar-refractivity contribution in [2.24, 2.45) is 4.40 Å². The molecule has 8 nitrogen and oxygen atoms in total. The third-order valence-corrected chi connectivity index (χ3v) is 6.11. The number of hydrogen-bond acceptors (Lipinski definition) is 6. The van der Waals surface area contributed by atoms with E-state index in [0.29, 0.717) is 11.3 Å². The minimum atomic E-state index is -3.49. The van der Waals surface area contributed by atoms with Gasteiger partial charge < -0.3 is 15.0 Å². The maximum absolute atomic E-state index is 13.0. The number of carbonyl (C=O) groups excluding carboxylic acids is 2. The molecule has 0 unspecified atom stereocenters. The summed E-state index contributed by atoms with van der Waals surface area (Å²) in [5.74, 6) is -1.10. The highest BCUT2D eigenvalue weighted by Crippen LogP contribution is 2.24. The highest BCUT2D eigenvalue weighted by atomic mass is 32.2. The lowest BCUT2D eigenvalue weighted by Gasteiger charge is -2.27. The Hall–Kier alpha value is -3.72. The average molecular weight is 452 g/mol. The van der Waals surface area contributed by atoms with Gasteiger partial charge in [-0.2, -0.15) is 0 Å². The predicted octanol–water partition coefficient (Wildman–Crippen LogP) is 2.72. The molecule has 9 heteroatoms. The Bertz CT molecular complexity index is 1230. The second-order valence-electron chi connectivity index (χ2n) is 7.40. The van der Waals surface area contributed by atoms with Gasteiger partial charge in [-0.25, -0.2) is 13.2 Å². The largest absolute Gasteiger partial charge is 0.444 e. The number of amidine groups is 1. The summed E-state index contributed by atoms with van der Waals surface area (Å²) in [4.78, 5) is 27.4. The van der Waals surface area contributed by atoms with E-state index in [1.165, 1.54) is 18.4 Å². The monoisotopic (exact) mass is 451 g/mol. The van der Waals surface area contributed by atoms with Crippen molar-refractivity contribution in [1.29, 1.82) is 0 Å². The lowest BCUT2D eigenvalue weighted by atomic mass is 10.1. The van der Waals surface area contributed by atoms with Gasteiger partial charge in [0.15, 0.2) is 0 Å². The number of aryl methyl sites for hydroxylation is 1. The van der Waals surface area contributed by atoms with Gasteiger partial charge in [-0.1, -0.05) is 48.0 Å². The minimum absolute atomic E-state index is 0.144. The van der Waals surface area contributed by atoms with Gasteiger partial charge in [0.05, 0.1) is 11.3 Å². The number of ether oxygens (including phenoxy) is 1. The fourth-order valence-electron chi connectivity index (χ4n) is 3.24. The Morgan fingerprint density at radius 3 is 2.50 bits per heavy atom. The fraction of sp³-hybridized carbons (Fsp3) is 0.174. The molecule has 0 saturated heterocycles. The number of esters is 1. The fourth-order valence-corrected chi connectivity index (χ4v) is 4.21. The van der Waals surface area contributed by atoms with Gasteiger partial charge in [-0.15, -0.1) is 4.40 Å². The molecule has 2 aliphatic rings. The van der Waals surface area contributed by atoms with E-state index in [2.05, 4.69) is 9.71 Å². The second-order valence-corrected chi connectivity index (χ2v) is 9.15. The van der Waals surface area contributed by atoms with Crippen molar-refractivity contribution in [3.05, 3.63) is 89.6 Å². The SMILES string of the molecule is Cc1ccc(NC(=O)[C@@H](OC(=O)C2=CN3CCS(=O)(=O)N=C3C=C2)c2ccccc2)cc1. The van der Waals surface area contributed by atoms with Crippen molar-refractivity contribution < 1.29 is 22.7 Å². The van der Waals surface area contributed by atoms with Crippen LogP contribution in [-0.2, 0) is 24.3 Å². The molecule has 0 spiro atoms. The maximum atomic E-state index is 13.0. The third-order valence-electron chi connectivity index (χ3n) is 4.94. The molecule has 0 saturated carbocycles. The van der Waals surface area contributed by atoms with Crippen LogP contribution in [0.15, 0.2) is 82.9 Å². The van der Waals surface area contributed by atoms with E-state index in [9.17, 15) is 18.0 Å². The molecule has 0 aliphatic carbocycles. The first-order chi connectivity index (χ1) is 15.3. The Morgan fingerprint density at radius 2 is 1.78 bits per heavy atom. The molecule has 4 rings (SSSR count). The van der Waals surface area contributed by atoms with Crippen LogP contribution in [-0.4, -0.2) is 43.3 Å². The molecular formula is C23H21N3O5S. The zero-order valence-corrected chi connectivity index (χ0v) is 18.1. The first-order valence-electron chi connectivity index (χ1n) is 9.93. The van der Waals surface area contributed by atoms with Gasteiger partial charge in [0, 0.05) is 24.0 Å². The summed E-state index contributed by atoms with van der Waals surface area (Å²) in [6.07, 6.45) is 3.18. The number of carbonyl (C=O) groups is 2. The van der Waals surface area contributed by atoms with Crippen LogP contribution >= 0.6 is 0 Å². The van der Waals surface area contributed by atoms with Crippen LogP contribution in [0.3, 0.4) is 0 Å². The summed E-state index contributed by atoms with van der Waals surface area (Å²) < 4.78 is 32.6. The van der Waals surface area contributed by atoms with Gasteiger partial charge in [0.2, 0.25) is 6.10 Å². The lowest BCUT2D eigenvalue weighted by Crippen LogP contribution is -2.37. The number of fused-ring (bicyclic) bond motifs is 1. The normalized spacial score (nSPS) is 17.5. The molecule has 1 N–H and O–H groups in total. The van der Waals surface area contributed by atoms with E-state index < -0.39 is 28.0 Å². The summed E-state index contributed by atoms with van der Waals surface area (Å²) >= 11 is 0. The number of sulfonamides is 1. The van der Waals surface area contributed by atoms with E-state index in [-0.39, 0.29) is 23.7 Å². The number of benzene rings is 2. The zero-order valence-electron chi connectivity index (χ0n) is 17.3. The minimum Gasteiger partial charge on any atom is -0.444 e. The Labute approximate surface area is 186 Å². The number of nitrogens with zero attached hydrogens (tertiary/aromatic N) is 2. The standard InChI is InChI=1S/C23H21N3O5S/c1-16-7-10-19(11-8-16)24-22(27)21(17-5-3-2-4-6-17)31-23(28)18-9-12-20-25-32(29,30)14-13-26(20)15-18/h2-12,15,21H,13-14H2,1H3,(H,24,27)/t21-/m0/s1. The summed E-state index contributed by atoms with van der Waals surface area (Å²) in [6, 6.07) is 16.0. The number of nitrogens with one attached hydrogen (secondary N) is 1. The first-order valence-corrected chi connectivity index (χ1v) is 11.5. The number of amides is 1. The molecule has 0 fully saturated rings. The van der Waals surface area contributed by atoms with Crippen molar-refractivity contribution in [1.82, 2.24) is 4.90 Å². The van der Waals surface area contributed by atoms with Crippen LogP contribution in [0.4, 0.5) is 5.69 Å². The van der Waals surface area contributed by atoms with Crippen LogP contribution in [0.5, 0.6) is 0 Å².